The molecule has 0 radical (unpaired) electrons. The molecule has 6 heteroatoms. The number of hydrogen-bond acceptors (Lipinski definition) is 4. The standard InChI is InChI=1S/C25H23F2N3O/c1-17-10-11-30(15-18-6-3-2-4-7-18)16-20(17)23-14-28-19(13-29-23)12-24(31)25-21(26)8-5-9-22(25)27/h2-9,13-14H,10-12,15-16H2,1H3. The highest BCUT2D eigenvalue weighted by molar-refractivity contribution is 5.97. The molecule has 0 N–H and O–H groups in total. The molecular weight excluding hydrogens is 396 g/mol. The molecule has 1 aliphatic heterocycles. The Balaban J connectivity index is 1.46. The van der Waals surface area contributed by atoms with Crippen LogP contribution in [-0.2, 0) is 13.0 Å². The predicted octanol–water partition coefficient (Wildman–Crippen LogP) is 4.86. The molecule has 0 aliphatic carbocycles. The quantitative estimate of drug-likeness (QED) is 0.536. The molecule has 31 heavy (non-hydrogen) atoms. The van der Waals surface area contributed by atoms with Gasteiger partial charge in [-0.25, -0.2) is 8.78 Å². The van der Waals surface area contributed by atoms with Gasteiger partial charge in [0.05, 0.1) is 29.6 Å². The summed E-state index contributed by atoms with van der Waals surface area (Å²) >= 11 is 0. The molecule has 0 bridgehead atoms. The number of carbonyl (C=O) groups excluding carboxylic acids is 1. The van der Waals surface area contributed by atoms with E-state index in [1.807, 2.05) is 18.2 Å². The molecule has 3 aromatic rings. The molecule has 158 valence electrons. The number of Topliss-reactive ketones (excluding diaryl/α,β-unsaturated/α-hetero) is 1. The van der Waals surface area contributed by atoms with E-state index < -0.39 is 23.0 Å². The molecule has 0 atom stereocenters. The van der Waals surface area contributed by atoms with E-state index in [2.05, 4.69) is 33.9 Å². The van der Waals surface area contributed by atoms with Crippen molar-refractivity contribution in [2.45, 2.75) is 26.3 Å². The Kier molecular flexibility index (Phi) is 6.28. The monoisotopic (exact) mass is 419 g/mol. The fourth-order valence-corrected chi connectivity index (χ4v) is 3.81. The maximum atomic E-state index is 13.8. The lowest BCUT2D eigenvalue weighted by molar-refractivity contribution is 0.0983. The number of aromatic nitrogens is 2. The van der Waals surface area contributed by atoms with Crippen molar-refractivity contribution in [3.8, 4) is 0 Å². The molecular formula is C25H23F2N3O. The van der Waals surface area contributed by atoms with E-state index in [0.717, 1.165) is 49.5 Å². The summed E-state index contributed by atoms with van der Waals surface area (Å²) in [7, 11) is 0. The van der Waals surface area contributed by atoms with Gasteiger partial charge in [-0.3, -0.25) is 19.7 Å². The zero-order valence-corrected chi connectivity index (χ0v) is 17.3. The van der Waals surface area contributed by atoms with Gasteiger partial charge in [-0.2, -0.15) is 0 Å². The zero-order chi connectivity index (χ0) is 21.8. The van der Waals surface area contributed by atoms with Crippen molar-refractivity contribution in [3.05, 3.63) is 101 Å². The van der Waals surface area contributed by atoms with Crippen LogP contribution in [0.4, 0.5) is 8.78 Å². The Morgan fingerprint density at radius 2 is 1.74 bits per heavy atom. The van der Waals surface area contributed by atoms with Crippen molar-refractivity contribution in [3.63, 3.8) is 0 Å². The van der Waals surface area contributed by atoms with Crippen LogP contribution in [-0.4, -0.2) is 33.7 Å². The van der Waals surface area contributed by atoms with Gasteiger partial charge in [-0.1, -0.05) is 42.0 Å². The summed E-state index contributed by atoms with van der Waals surface area (Å²) in [4.78, 5) is 23.6. The van der Waals surface area contributed by atoms with Gasteiger partial charge in [-0.15, -0.1) is 0 Å². The molecule has 0 fully saturated rings. The van der Waals surface area contributed by atoms with Crippen LogP contribution in [0, 0.1) is 11.6 Å². The Hall–Kier alpha value is -3.25. The molecule has 0 spiro atoms. The lowest BCUT2D eigenvalue weighted by Crippen LogP contribution is -2.30. The third-order valence-corrected chi connectivity index (χ3v) is 5.55. The summed E-state index contributed by atoms with van der Waals surface area (Å²) in [5.41, 5.74) is 4.29. The Morgan fingerprint density at radius 3 is 2.42 bits per heavy atom. The van der Waals surface area contributed by atoms with Gasteiger partial charge in [0, 0.05) is 25.8 Å². The average Bonchev–Trinajstić information content (AvgIpc) is 2.76. The van der Waals surface area contributed by atoms with Crippen molar-refractivity contribution < 1.29 is 13.6 Å². The SMILES string of the molecule is CC1=C(c2cnc(CC(=O)c3c(F)cccc3F)cn2)CN(Cc2ccccc2)CC1. The first-order valence-corrected chi connectivity index (χ1v) is 10.2. The highest BCUT2D eigenvalue weighted by Gasteiger charge is 2.21. The smallest absolute Gasteiger partial charge is 0.174 e. The maximum absolute atomic E-state index is 13.8. The highest BCUT2D eigenvalue weighted by Crippen LogP contribution is 2.26. The van der Waals surface area contributed by atoms with Gasteiger partial charge in [0.2, 0.25) is 0 Å². The summed E-state index contributed by atoms with van der Waals surface area (Å²) in [6.07, 6.45) is 3.91. The second-order valence-electron chi connectivity index (χ2n) is 7.79. The molecule has 4 rings (SSSR count). The van der Waals surface area contributed by atoms with Crippen LogP contribution in [0.3, 0.4) is 0 Å². The van der Waals surface area contributed by atoms with Crippen molar-refractivity contribution in [1.29, 1.82) is 0 Å². The minimum absolute atomic E-state index is 0.205. The van der Waals surface area contributed by atoms with E-state index in [9.17, 15) is 13.6 Å². The molecule has 0 unspecified atom stereocenters. The van der Waals surface area contributed by atoms with E-state index in [4.69, 9.17) is 0 Å². The van der Waals surface area contributed by atoms with E-state index >= 15 is 0 Å². The lowest BCUT2D eigenvalue weighted by atomic mass is 9.98. The fourth-order valence-electron chi connectivity index (χ4n) is 3.81. The lowest BCUT2D eigenvalue weighted by Gasteiger charge is -2.29. The number of nitrogens with zero attached hydrogens (tertiary/aromatic N) is 3. The second-order valence-corrected chi connectivity index (χ2v) is 7.79. The van der Waals surface area contributed by atoms with Gasteiger partial charge >= 0.3 is 0 Å². The van der Waals surface area contributed by atoms with Gasteiger partial charge < -0.3 is 0 Å². The summed E-state index contributed by atoms with van der Waals surface area (Å²) < 4.78 is 27.7. The highest BCUT2D eigenvalue weighted by atomic mass is 19.1. The fraction of sp³-hybridized carbons (Fsp3) is 0.240. The Morgan fingerprint density at radius 1 is 1.00 bits per heavy atom. The second kappa shape index (κ2) is 9.27. The van der Waals surface area contributed by atoms with Crippen LogP contribution in [0.15, 0.2) is 66.5 Å². The number of benzene rings is 2. The minimum atomic E-state index is -0.865. The number of halogens is 2. The largest absolute Gasteiger partial charge is 0.294 e. The number of hydrogen-bond donors (Lipinski definition) is 0. The number of rotatable bonds is 6. The topological polar surface area (TPSA) is 46.1 Å². The predicted molar refractivity (Wildman–Crippen MR) is 115 cm³/mol. The first-order valence-electron chi connectivity index (χ1n) is 10.2. The third kappa shape index (κ3) is 4.91. The number of ketones is 1. The molecule has 0 saturated carbocycles. The van der Waals surface area contributed by atoms with Crippen LogP contribution in [0.25, 0.3) is 5.57 Å². The van der Waals surface area contributed by atoms with Gasteiger partial charge in [-0.05, 0) is 36.6 Å². The van der Waals surface area contributed by atoms with E-state index in [1.165, 1.54) is 23.4 Å². The normalized spacial score (nSPS) is 14.7. The van der Waals surface area contributed by atoms with Crippen molar-refractivity contribution >= 4 is 11.4 Å². The summed E-state index contributed by atoms with van der Waals surface area (Å²) in [5, 5.41) is 0. The van der Waals surface area contributed by atoms with Crippen LogP contribution in [0.2, 0.25) is 0 Å². The average molecular weight is 419 g/mol. The first-order chi connectivity index (χ1) is 15.0. The maximum Gasteiger partial charge on any atom is 0.174 e. The van der Waals surface area contributed by atoms with E-state index in [1.54, 1.807) is 6.20 Å². The molecule has 0 saturated heterocycles. The van der Waals surface area contributed by atoms with Crippen LogP contribution >= 0.6 is 0 Å². The molecule has 4 nitrogen and oxygen atoms in total. The molecule has 0 amide bonds. The summed E-state index contributed by atoms with van der Waals surface area (Å²) in [5.74, 6) is -2.38. The summed E-state index contributed by atoms with van der Waals surface area (Å²) in [6.45, 7) is 4.73. The van der Waals surface area contributed by atoms with Crippen LogP contribution in [0.1, 0.15) is 40.7 Å². The van der Waals surface area contributed by atoms with Crippen LogP contribution < -0.4 is 0 Å². The molecule has 1 aliphatic rings. The molecule has 2 heterocycles. The summed E-state index contributed by atoms with van der Waals surface area (Å²) in [6, 6.07) is 13.7. The Labute approximate surface area is 180 Å². The minimum Gasteiger partial charge on any atom is -0.294 e. The van der Waals surface area contributed by atoms with Crippen molar-refractivity contribution in [2.24, 2.45) is 0 Å². The first kappa shape index (κ1) is 21.0. The van der Waals surface area contributed by atoms with E-state index in [-0.39, 0.29) is 6.42 Å². The zero-order valence-electron chi connectivity index (χ0n) is 17.3. The van der Waals surface area contributed by atoms with Crippen molar-refractivity contribution in [2.75, 3.05) is 13.1 Å². The Bertz CT molecular complexity index is 1090. The third-order valence-electron chi connectivity index (χ3n) is 5.55. The van der Waals surface area contributed by atoms with E-state index in [0.29, 0.717) is 5.69 Å². The van der Waals surface area contributed by atoms with Gasteiger partial charge in [0.1, 0.15) is 11.6 Å². The molecule has 1 aromatic heterocycles. The van der Waals surface area contributed by atoms with Crippen LogP contribution in [0.5, 0.6) is 0 Å². The van der Waals surface area contributed by atoms with Gasteiger partial charge in [0.25, 0.3) is 0 Å². The van der Waals surface area contributed by atoms with Gasteiger partial charge in [0.15, 0.2) is 5.78 Å². The number of carbonyl (C=O) groups is 1. The van der Waals surface area contributed by atoms with Crippen molar-refractivity contribution in [1.82, 2.24) is 14.9 Å². The molecule has 2 aromatic carbocycles.